The summed E-state index contributed by atoms with van der Waals surface area (Å²) in [6, 6.07) is 16.0. The molecule has 0 aliphatic heterocycles. The van der Waals surface area contributed by atoms with Crippen molar-refractivity contribution in [2.75, 3.05) is 6.61 Å². The Bertz CT molecular complexity index is 967. The van der Waals surface area contributed by atoms with Gasteiger partial charge in [-0.3, -0.25) is 4.79 Å². The third-order valence-electron chi connectivity index (χ3n) is 4.49. The van der Waals surface area contributed by atoms with E-state index in [1.807, 2.05) is 18.2 Å². The minimum Gasteiger partial charge on any atom is -0.468 e. The van der Waals surface area contributed by atoms with Crippen LogP contribution in [0, 0.1) is 6.92 Å². The fraction of sp³-hybridized carbons (Fsp3) is 0.273. The van der Waals surface area contributed by atoms with E-state index in [-0.39, 0.29) is 5.63 Å². The van der Waals surface area contributed by atoms with E-state index in [2.05, 4.69) is 35.9 Å². The van der Waals surface area contributed by atoms with Gasteiger partial charge in [0.1, 0.15) is 5.58 Å². The van der Waals surface area contributed by atoms with Crippen molar-refractivity contribution in [3.8, 4) is 11.1 Å². The second-order valence-corrected chi connectivity index (χ2v) is 6.38. The lowest BCUT2D eigenvalue weighted by molar-refractivity contribution is -0.128. The van der Waals surface area contributed by atoms with Crippen molar-refractivity contribution < 1.29 is 13.9 Å². The van der Waals surface area contributed by atoms with Crippen molar-refractivity contribution in [1.82, 2.24) is 0 Å². The summed E-state index contributed by atoms with van der Waals surface area (Å²) in [5, 5.41) is 1.01. The molecule has 26 heavy (non-hydrogen) atoms. The van der Waals surface area contributed by atoms with Crippen molar-refractivity contribution in [2.45, 2.75) is 32.6 Å². The molecule has 2 aromatic carbocycles. The maximum Gasteiger partial charge on any atom is 0.336 e. The van der Waals surface area contributed by atoms with E-state index in [1.165, 1.54) is 18.4 Å². The average Bonchev–Trinajstić information content (AvgIpc) is 3.47. The zero-order valence-electron chi connectivity index (χ0n) is 15.0. The highest BCUT2D eigenvalue weighted by Gasteiger charge is 2.24. The van der Waals surface area contributed by atoms with Gasteiger partial charge in [-0.1, -0.05) is 36.4 Å². The molecule has 0 bridgehead atoms. The lowest BCUT2D eigenvalue weighted by atomic mass is 9.97. The molecule has 1 aliphatic rings. The molecule has 4 heteroatoms. The summed E-state index contributed by atoms with van der Waals surface area (Å²) >= 11 is 0. The molecule has 1 fully saturated rings. The first kappa shape index (κ1) is 17.9. The standard InChI is InChI=1S/C19H16O2.C3H6O2/c1-12-4-2-3-5-15(12)17-11-19(20)21-18-10-14(13-6-7-13)8-9-16(17)18;1-2-5-3-4/h2-5,8-11,13H,6-7H2,1H3;3H,2H2,1H3. The maximum absolute atomic E-state index is 11.9. The molecule has 4 nitrogen and oxygen atoms in total. The molecule has 0 radical (unpaired) electrons. The van der Waals surface area contributed by atoms with E-state index in [0.29, 0.717) is 24.6 Å². The van der Waals surface area contributed by atoms with E-state index >= 15 is 0 Å². The number of benzene rings is 2. The topological polar surface area (TPSA) is 56.5 Å². The molecule has 0 atom stereocenters. The van der Waals surface area contributed by atoms with E-state index in [0.717, 1.165) is 22.1 Å². The van der Waals surface area contributed by atoms with E-state index in [4.69, 9.17) is 4.42 Å². The third kappa shape index (κ3) is 4.02. The Balaban J connectivity index is 0.000000349. The summed E-state index contributed by atoms with van der Waals surface area (Å²) in [7, 11) is 0. The molecule has 1 aliphatic carbocycles. The van der Waals surface area contributed by atoms with Crippen LogP contribution in [0.1, 0.15) is 36.8 Å². The van der Waals surface area contributed by atoms with Gasteiger partial charge in [0.2, 0.25) is 0 Å². The highest BCUT2D eigenvalue weighted by Crippen LogP contribution is 2.41. The van der Waals surface area contributed by atoms with Gasteiger partial charge in [-0.2, -0.15) is 0 Å². The summed E-state index contributed by atoms with van der Waals surface area (Å²) in [6.07, 6.45) is 2.49. The average molecular weight is 350 g/mol. The van der Waals surface area contributed by atoms with Crippen LogP contribution in [0.5, 0.6) is 0 Å². The van der Waals surface area contributed by atoms with Gasteiger partial charge in [0.15, 0.2) is 0 Å². The molecule has 3 aromatic rings. The van der Waals surface area contributed by atoms with Crippen LogP contribution in [0.3, 0.4) is 0 Å². The fourth-order valence-electron chi connectivity index (χ4n) is 3.02. The second-order valence-electron chi connectivity index (χ2n) is 6.38. The largest absolute Gasteiger partial charge is 0.468 e. The molecule has 134 valence electrons. The first-order valence-corrected chi connectivity index (χ1v) is 8.83. The molecular weight excluding hydrogens is 328 g/mol. The van der Waals surface area contributed by atoms with Crippen molar-refractivity contribution in [3.63, 3.8) is 0 Å². The number of carbonyl (C=O) groups is 1. The Kier molecular flexibility index (Phi) is 5.52. The number of fused-ring (bicyclic) bond motifs is 1. The highest BCUT2D eigenvalue weighted by atomic mass is 16.5. The van der Waals surface area contributed by atoms with Crippen molar-refractivity contribution in [3.05, 3.63) is 70.1 Å². The van der Waals surface area contributed by atoms with Crippen molar-refractivity contribution in [2.24, 2.45) is 0 Å². The summed E-state index contributed by atoms with van der Waals surface area (Å²) in [6.45, 7) is 4.73. The van der Waals surface area contributed by atoms with Crippen molar-refractivity contribution >= 4 is 17.4 Å². The van der Waals surface area contributed by atoms with E-state index < -0.39 is 0 Å². The minimum atomic E-state index is -0.284. The second kappa shape index (κ2) is 8.00. The van der Waals surface area contributed by atoms with E-state index in [1.54, 1.807) is 13.0 Å². The summed E-state index contributed by atoms with van der Waals surface area (Å²) in [5.74, 6) is 0.654. The number of carbonyl (C=O) groups excluding carboxylic acids is 1. The zero-order valence-corrected chi connectivity index (χ0v) is 15.0. The van der Waals surface area contributed by atoms with Crippen LogP contribution in [-0.2, 0) is 9.53 Å². The van der Waals surface area contributed by atoms with Crippen LogP contribution < -0.4 is 5.63 Å². The SMILES string of the molecule is CCOC=O.Cc1ccccc1-c1cc(=O)oc2cc(C3CC3)ccc12. The number of aryl methyl sites for hydroxylation is 1. The Morgan fingerprint density at radius 3 is 2.50 bits per heavy atom. The maximum atomic E-state index is 11.9. The van der Waals surface area contributed by atoms with Crippen LogP contribution in [-0.4, -0.2) is 13.1 Å². The minimum absolute atomic E-state index is 0.284. The van der Waals surface area contributed by atoms with Gasteiger partial charge in [-0.05, 0) is 55.4 Å². The quantitative estimate of drug-likeness (QED) is 0.500. The molecule has 0 unspecified atom stereocenters. The van der Waals surface area contributed by atoms with Gasteiger partial charge in [0.25, 0.3) is 6.47 Å². The predicted octanol–water partition coefficient (Wildman–Crippen LogP) is 4.83. The van der Waals surface area contributed by atoms with Crippen LogP contribution in [0.15, 0.2) is 57.7 Å². The summed E-state index contributed by atoms with van der Waals surface area (Å²) in [5.41, 5.74) is 4.92. The highest BCUT2D eigenvalue weighted by molar-refractivity contribution is 5.94. The molecule has 1 heterocycles. The van der Waals surface area contributed by atoms with Crippen LogP contribution in [0.25, 0.3) is 22.1 Å². The Morgan fingerprint density at radius 2 is 1.88 bits per heavy atom. The lowest BCUT2D eigenvalue weighted by Crippen LogP contribution is -1.99. The molecule has 1 saturated carbocycles. The van der Waals surface area contributed by atoms with Gasteiger partial charge in [-0.15, -0.1) is 0 Å². The molecule has 0 saturated heterocycles. The Hall–Kier alpha value is -2.88. The van der Waals surface area contributed by atoms with Crippen molar-refractivity contribution in [1.29, 1.82) is 0 Å². The molecule has 0 spiro atoms. The monoisotopic (exact) mass is 350 g/mol. The third-order valence-corrected chi connectivity index (χ3v) is 4.49. The predicted molar refractivity (Wildman–Crippen MR) is 102 cm³/mol. The molecule has 0 amide bonds. The Morgan fingerprint density at radius 1 is 1.12 bits per heavy atom. The Labute approximate surface area is 152 Å². The van der Waals surface area contributed by atoms with Gasteiger partial charge in [0, 0.05) is 17.0 Å². The zero-order chi connectivity index (χ0) is 18.5. The van der Waals surface area contributed by atoms with Gasteiger partial charge in [-0.25, -0.2) is 4.79 Å². The van der Waals surface area contributed by atoms with Crippen LogP contribution in [0.2, 0.25) is 0 Å². The molecule has 4 rings (SSSR count). The number of rotatable bonds is 4. The molecule has 1 aromatic heterocycles. The van der Waals surface area contributed by atoms with Crippen LogP contribution in [0.4, 0.5) is 0 Å². The lowest BCUT2D eigenvalue weighted by Gasteiger charge is -2.09. The van der Waals surface area contributed by atoms with Gasteiger partial charge in [0.05, 0.1) is 6.61 Å². The molecular formula is C22H22O4. The van der Waals surface area contributed by atoms with Gasteiger partial charge >= 0.3 is 5.63 Å². The van der Waals surface area contributed by atoms with Crippen LogP contribution >= 0.6 is 0 Å². The summed E-state index contributed by atoms with van der Waals surface area (Å²) < 4.78 is 9.58. The first-order chi connectivity index (χ1) is 12.6. The number of hydrogen-bond donors (Lipinski definition) is 0. The molecule has 0 N–H and O–H groups in total. The smallest absolute Gasteiger partial charge is 0.336 e. The van der Waals surface area contributed by atoms with Gasteiger partial charge < -0.3 is 9.15 Å². The summed E-state index contributed by atoms with van der Waals surface area (Å²) in [4.78, 5) is 21.1. The van der Waals surface area contributed by atoms with E-state index in [9.17, 15) is 9.59 Å². The first-order valence-electron chi connectivity index (χ1n) is 8.83. The number of hydrogen-bond acceptors (Lipinski definition) is 4. The normalized spacial score (nSPS) is 13.0. The number of ether oxygens (including phenoxy) is 1. The fourth-order valence-corrected chi connectivity index (χ4v) is 3.02.